The molecule has 3 heteroatoms. The van der Waals surface area contributed by atoms with Crippen molar-refractivity contribution in [3.63, 3.8) is 0 Å². The van der Waals surface area contributed by atoms with Crippen LogP contribution in [0.2, 0.25) is 0 Å². The third-order valence-electron chi connectivity index (χ3n) is 2.05. The lowest BCUT2D eigenvalue weighted by molar-refractivity contribution is 0.351. The Morgan fingerprint density at radius 2 is 2.00 bits per heavy atom. The van der Waals surface area contributed by atoms with Gasteiger partial charge in [0.25, 0.3) is 0 Å². The van der Waals surface area contributed by atoms with E-state index in [9.17, 15) is 0 Å². The minimum absolute atomic E-state index is 0.780. The number of ether oxygens (including phenoxy) is 2. The van der Waals surface area contributed by atoms with Gasteiger partial charge in [0.1, 0.15) is 0 Å². The van der Waals surface area contributed by atoms with E-state index in [-0.39, 0.29) is 0 Å². The van der Waals surface area contributed by atoms with Crippen molar-refractivity contribution in [3.8, 4) is 11.5 Å². The van der Waals surface area contributed by atoms with E-state index in [2.05, 4.69) is 12.2 Å². The summed E-state index contributed by atoms with van der Waals surface area (Å²) in [5, 5.41) is 3.26. The van der Waals surface area contributed by atoms with E-state index in [1.807, 2.05) is 18.2 Å². The van der Waals surface area contributed by atoms with Crippen LogP contribution in [0.25, 0.3) is 0 Å². The Balaban J connectivity index is 2.90. The van der Waals surface area contributed by atoms with Crippen molar-refractivity contribution in [3.05, 3.63) is 23.8 Å². The van der Waals surface area contributed by atoms with Gasteiger partial charge in [-0.15, -0.1) is 0 Å². The highest BCUT2D eigenvalue weighted by Crippen LogP contribution is 2.30. The number of nitrogens with one attached hydrogen (secondary N) is 1. The summed E-state index contributed by atoms with van der Waals surface area (Å²) in [7, 11) is 3.31. The lowest BCUT2D eigenvalue weighted by Gasteiger charge is -2.12. The second kappa shape index (κ2) is 5.50. The lowest BCUT2D eigenvalue weighted by atomic mass is 10.2. The van der Waals surface area contributed by atoms with Crippen molar-refractivity contribution in [2.24, 2.45) is 0 Å². The molecule has 1 aromatic rings. The molecule has 0 unspecified atom stereocenters. The van der Waals surface area contributed by atoms with Gasteiger partial charge in [0.15, 0.2) is 11.5 Å². The van der Waals surface area contributed by atoms with Gasteiger partial charge in [-0.2, -0.15) is 0 Å². The molecule has 78 valence electrons. The molecule has 0 bridgehead atoms. The van der Waals surface area contributed by atoms with Crippen LogP contribution in [0.4, 0.5) is 0 Å². The van der Waals surface area contributed by atoms with E-state index in [4.69, 9.17) is 9.47 Å². The van der Waals surface area contributed by atoms with Crippen molar-refractivity contribution < 1.29 is 9.47 Å². The van der Waals surface area contributed by atoms with Crippen LogP contribution in [0.3, 0.4) is 0 Å². The van der Waals surface area contributed by atoms with Gasteiger partial charge in [-0.3, -0.25) is 0 Å². The highest BCUT2D eigenvalue weighted by atomic mass is 16.5. The van der Waals surface area contributed by atoms with Gasteiger partial charge in [-0.1, -0.05) is 19.1 Å². The smallest absolute Gasteiger partial charge is 0.165 e. The van der Waals surface area contributed by atoms with Crippen LogP contribution in [0.1, 0.15) is 12.5 Å². The monoisotopic (exact) mass is 195 g/mol. The lowest BCUT2D eigenvalue weighted by Crippen LogP contribution is -2.12. The molecule has 0 heterocycles. The zero-order chi connectivity index (χ0) is 10.4. The molecule has 0 saturated heterocycles. The minimum atomic E-state index is 0.780. The molecular weight excluding hydrogens is 178 g/mol. The van der Waals surface area contributed by atoms with Crippen LogP contribution in [-0.4, -0.2) is 20.8 Å². The third kappa shape index (κ3) is 2.39. The molecule has 0 atom stereocenters. The van der Waals surface area contributed by atoms with Crippen molar-refractivity contribution in [1.82, 2.24) is 5.32 Å². The normalized spacial score (nSPS) is 9.93. The molecule has 14 heavy (non-hydrogen) atoms. The Morgan fingerprint density at radius 3 is 2.57 bits per heavy atom. The van der Waals surface area contributed by atoms with E-state index < -0.39 is 0 Å². The molecule has 3 nitrogen and oxygen atoms in total. The van der Waals surface area contributed by atoms with Crippen molar-refractivity contribution >= 4 is 0 Å². The van der Waals surface area contributed by atoms with Gasteiger partial charge in [0.2, 0.25) is 0 Å². The van der Waals surface area contributed by atoms with Crippen LogP contribution in [0.15, 0.2) is 18.2 Å². The first-order valence-corrected chi connectivity index (χ1v) is 4.74. The zero-order valence-electron chi connectivity index (χ0n) is 8.96. The average Bonchev–Trinajstić information content (AvgIpc) is 2.25. The molecule has 0 fully saturated rings. The third-order valence-corrected chi connectivity index (χ3v) is 2.05. The second-order valence-corrected chi connectivity index (χ2v) is 2.93. The Labute approximate surface area is 85.0 Å². The highest BCUT2D eigenvalue weighted by molar-refractivity contribution is 5.46. The largest absolute Gasteiger partial charge is 0.493 e. The standard InChI is InChI=1S/C11H17NO2/c1-4-12-8-9-6-5-7-10(13-2)11(9)14-3/h5-7,12H,4,8H2,1-3H3. The van der Waals surface area contributed by atoms with Crippen molar-refractivity contribution in [1.29, 1.82) is 0 Å². The molecule has 1 rings (SSSR count). The summed E-state index contributed by atoms with van der Waals surface area (Å²) in [6, 6.07) is 5.90. The van der Waals surface area contributed by atoms with E-state index in [1.165, 1.54) is 0 Å². The maximum atomic E-state index is 5.30. The fourth-order valence-electron chi connectivity index (χ4n) is 1.35. The molecule has 0 saturated carbocycles. The Kier molecular flexibility index (Phi) is 4.26. The average molecular weight is 195 g/mol. The molecule has 0 aliphatic carbocycles. The first-order chi connectivity index (χ1) is 6.83. The summed E-state index contributed by atoms with van der Waals surface area (Å²) in [6.07, 6.45) is 0. The molecule has 0 spiro atoms. The number of benzene rings is 1. The first-order valence-electron chi connectivity index (χ1n) is 4.74. The van der Waals surface area contributed by atoms with E-state index in [0.29, 0.717) is 0 Å². The zero-order valence-corrected chi connectivity index (χ0v) is 8.96. The molecular formula is C11H17NO2. The molecule has 0 aromatic heterocycles. The van der Waals surface area contributed by atoms with Crippen molar-refractivity contribution in [2.75, 3.05) is 20.8 Å². The number of hydrogen-bond acceptors (Lipinski definition) is 3. The van der Waals surface area contributed by atoms with E-state index >= 15 is 0 Å². The minimum Gasteiger partial charge on any atom is -0.493 e. The summed E-state index contributed by atoms with van der Waals surface area (Å²) in [4.78, 5) is 0. The van der Waals surface area contributed by atoms with E-state index in [1.54, 1.807) is 14.2 Å². The number of rotatable bonds is 5. The number of methoxy groups -OCH3 is 2. The van der Waals surface area contributed by atoms with Crippen LogP contribution in [0, 0.1) is 0 Å². The molecule has 1 aromatic carbocycles. The highest BCUT2D eigenvalue weighted by Gasteiger charge is 2.07. The first kappa shape index (κ1) is 10.9. The van der Waals surface area contributed by atoms with Crippen LogP contribution >= 0.6 is 0 Å². The predicted octanol–water partition coefficient (Wildman–Crippen LogP) is 1.81. The summed E-state index contributed by atoms with van der Waals surface area (Å²) in [6.45, 7) is 3.82. The van der Waals surface area contributed by atoms with Gasteiger partial charge in [-0.05, 0) is 12.6 Å². The summed E-state index contributed by atoms with van der Waals surface area (Å²) in [5.41, 5.74) is 1.12. The van der Waals surface area contributed by atoms with Gasteiger partial charge < -0.3 is 14.8 Å². The SMILES string of the molecule is CCNCc1cccc(OC)c1OC. The second-order valence-electron chi connectivity index (χ2n) is 2.93. The topological polar surface area (TPSA) is 30.5 Å². The Morgan fingerprint density at radius 1 is 1.21 bits per heavy atom. The molecule has 0 amide bonds. The summed E-state index contributed by atoms with van der Waals surface area (Å²) < 4.78 is 10.5. The Bertz CT molecular complexity index is 287. The predicted molar refractivity (Wildman–Crippen MR) is 56.9 cm³/mol. The Hall–Kier alpha value is -1.22. The van der Waals surface area contributed by atoms with Crippen LogP contribution in [-0.2, 0) is 6.54 Å². The molecule has 0 radical (unpaired) electrons. The molecule has 0 aliphatic heterocycles. The molecule has 1 N–H and O–H groups in total. The van der Waals surface area contributed by atoms with Gasteiger partial charge >= 0.3 is 0 Å². The fraction of sp³-hybridized carbons (Fsp3) is 0.455. The molecule has 0 aliphatic rings. The summed E-state index contributed by atoms with van der Waals surface area (Å²) >= 11 is 0. The maximum absolute atomic E-state index is 5.30. The number of hydrogen-bond donors (Lipinski definition) is 1. The van der Waals surface area contributed by atoms with Crippen LogP contribution < -0.4 is 14.8 Å². The van der Waals surface area contributed by atoms with Crippen LogP contribution in [0.5, 0.6) is 11.5 Å². The van der Waals surface area contributed by atoms with Gasteiger partial charge in [-0.25, -0.2) is 0 Å². The maximum Gasteiger partial charge on any atom is 0.165 e. The van der Waals surface area contributed by atoms with Gasteiger partial charge in [0.05, 0.1) is 14.2 Å². The van der Waals surface area contributed by atoms with Crippen molar-refractivity contribution in [2.45, 2.75) is 13.5 Å². The van der Waals surface area contributed by atoms with E-state index in [0.717, 1.165) is 30.2 Å². The fourth-order valence-corrected chi connectivity index (χ4v) is 1.35. The summed E-state index contributed by atoms with van der Waals surface area (Å²) in [5.74, 6) is 1.60. The van der Waals surface area contributed by atoms with Gasteiger partial charge in [0, 0.05) is 12.1 Å². The number of para-hydroxylation sites is 1. The quantitative estimate of drug-likeness (QED) is 0.777.